The van der Waals surface area contributed by atoms with Gasteiger partial charge in [-0.3, -0.25) is 4.79 Å². The van der Waals surface area contributed by atoms with E-state index in [1.165, 1.54) is 4.90 Å². The molecule has 5 nitrogen and oxygen atoms in total. The molecule has 0 radical (unpaired) electrons. The van der Waals surface area contributed by atoms with Crippen LogP contribution >= 0.6 is 23.1 Å². The minimum absolute atomic E-state index is 0.202. The molecule has 1 aromatic heterocycles. The number of nitrogens with zero attached hydrogens (tertiary/aromatic N) is 2. The molecule has 1 aliphatic heterocycles. The predicted octanol–water partition coefficient (Wildman–Crippen LogP) is 3.43. The molecule has 2 aromatic rings. The highest BCUT2D eigenvalue weighted by Gasteiger charge is 2.34. The van der Waals surface area contributed by atoms with Crippen LogP contribution in [0.4, 0.5) is 0 Å². The molecule has 126 valence electrons. The second-order valence-electron chi connectivity index (χ2n) is 5.67. The Labute approximate surface area is 148 Å². The normalized spacial score (nSPS) is 17.2. The molecule has 1 aliphatic rings. The fourth-order valence-corrected chi connectivity index (χ4v) is 4.27. The summed E-state index contributed by atoms with van der Waals surface area (Å²) in [7, 11) is 0. The first-order valence-electron chi connectivity index (χ1n) is 7.72. The van der Waals surface area contributed by atoms with Crippen LogP contribution < -0.4 is 0 Å². The topological polar surface area (TPSA) is 70.5 Å². The van der Waals surface area contributed by atoms with E-state index in [-0.39, 0.29) is 5.91 Å². The number of thioether (sulfide) groups is 1. The fourth-order valence-electron chi connectivity index (χ4n) is 2.76. The minimum atomic E-state index is -0.924. The molecule has 1 atom stereocenters. The van der Waals surface area contributed by atoms with Gasteiger partial charge in [0.05, 0.1) is 10.7 Å². The zero-order chi connectivity index (χ0) is 17.1. The maximum absolute atomic E-state index is 12.5. The van der Waals surface area contributed by atoms with Crippen LogP contribution in [0.3, 0.4) is 0 Å². The average Bonchev–Trinajstić information content (AvgIpc) is 3.21. The number of hydrogen-bond acceptors (Lipinski definition) is 5. The van der Waals surface area contributed by atoms with Gasteiger partial charge in [0.1, 0.15) is 6.04 Å². The number of benzene rings is 1. The molecule has 0 bridgehead atoms. The number of rotatable bonds is 5. The Bertz CT molecular complexity index is 743. The number of aromatic nitrogens is 1. The molecule has 0 aliphatic carbocycles. The third-order valence-electron chi connectivity index (χ3n) is 3.95. The van der Waals surface area contributed by atoms with Crippen LogP contribution in [-0.2, 0) is 10.5 Å². The summed E-state index contributed by atoms with van der Waals surface area (Å²) < 4.78 is 0. The Balaban J connectivity index is 1.63. The van der Waals surface area contributed by atoms with Crippen molar-refractivity contribution in [3.05, 3.63) is 45.9 Å². The van der Waals surface area contributed by atoms with E-state index in [1.54, 1.807) is 35.2 Å². The number of carboxylic acids is 1. The maximum Gasteiger partial charge on any atom is 0.326 e. The summed E-state index contributed by atoms with van der Waals surface area (Å²) in [6, 6.07) is 6.66. The number of amides is 1. The summed E-state index contributed by atoms with van der Waals surface area (Å²) >= 11 is 3.31. The zero-order valence-corrected chi connectivity index (χ0v) is 14.9. The van der Waals surface area contributed by atoms with Gasteiger partial charge >= 0.3 is 5.97 Å². The second-order valence-corrected chi connectivity index (χ2v) is 7.78. The molecule has 0 spiro atoms. The SMILES string of the molecule is Cc1nc(CSc2ccc(C(=O)N3CCCC3C(=O)O)cc2)cs1. The van der Waals surface area contributed by atoms with Gasteiger partial charge in [0, 0.05) is 28.1 Å². The van der Waals surface area contributed by atoms with Crippen LogP contribution in [0.15, 0.2) is 34.5 Å². The standard InChI is InChI=1S/C17H18N2O3S2/c1-11-18-13(9-23-11)10-24-14-6-4-12(5-7-14)16(20)19-8-2-3-15(19)17(21)22/h4-7,9,15H,2-3,8,10H2,1H3,(H,21,22). The number of likely N-dealkylation sites (tertiary alicyclic amines) is 1. The molecule has 1 saturated heterocycles. The highest BCUT2D eigenvalue weighted by molar-refractivity contribution is 7.98. The van der Waals surface area contributed by atoms with Crippen molar-refractivity contribution in [2.24, 2.45) is 0 Å². The summed E-state index contributed by atoms with van der Waals surface area (Å²) in [4.78, 5) is 30.7. The third kappa shape index (κ3) is 3.79. The van der Waals surface area contributed by atoms with E-state index in [9.17, 15) is 14.7 Å². The predicted molar refractivity (Wildman–Crippen MR) is 94.5 cm³/mol. The fraction of sp³-hybridized carbons (Fsp3) is 0.353. The number of thiazole rings is 1. The molecule has 1 aromatic carbocycles. The van der Waals surface area contributed by atoms with Crippen molar-refractivity contribution in [3.8, 4) is 0 Å². The van der Waals surface area contributed by atoms with Crippen molar-refractivity contribution in [2.75, 3.05) is 6.54 Å². The van der Waals surface area contributed by atoms with E-state index in [4.69, 9.17) is 0 Å². The lowest BCUT2D eigenvalue weighted by molar-refractivity contribution is -0.141. The quantitative estimate of drug-likeness (QED) is 0.825. The highest BCUT2D eigenvalue weighted by Crippen LogP contribution is 2.25. The molecule has 1 amide bonds. The second kappa shape index (κ2) is 7.36. The Hall–Kier alpha value is -1.86. The maximum atomic E-state index is 12.5. The van der Waals surface area contributed by atoms with Crippen LogP contribution in [0.2, 0.25) is 0 Å². The van der Waals surface area contributed by atoms with E-state index >= 15 is 0 Å². The van der Waals surface area contributed by atoms with Gasteiger partial charge in [-0.1, -0.05) is 0 Å². The number of aryl methyl sites for hydroxylation is 1. The van der Waals surface area contributed by atoms with Crippen molar-refractivity contribution in [1.29, 1.82) is 0 Å². The van der Waals surface area contributed by atoms with Crippen molar-refractivity contribution >= 4 is 35.0 Å². The Morgan fingerprint density at radius 1 is 1.38 bits per heavy atom. The van der Waals surface area contributed by atoms with Gasteiger partial charge in [0.15, 0.2) is 0 Å². The molecule has 2 heterocycles. The van der Waals surface area contributed by atoms with Gasteiger partial charge in [0.25, 0.3) is 5.91 Å². The minimum Gasteiger partial charge on any atom is -0.480 e. The molecule has 3 rings (SSSR count). The van der Waals surface area contributed by atoms with Gasteiger partial charge < -0.3 is 10.0 Å². The summed E-state index contributed by atoms with van der Waals surface area (Å²) in [6.45, 7) is 2.50. The molecular formula is C17H18N2O3S2. The largest absolute Gasteiger partial charge is 0.480 e. The van der Waals surface area contributed by atoms with Crippen LogP contribution in [0.25, 0.3) is 0 Å². The Morgan fingerprint density at radius 3 is 2.75 bits per heavy atom. The lowest BCUT2D eigenvalue weighted by atomic mass is 10.1. The summed E-state index contributed by atoms with van der Waals surface area (Å²) in [5, 5.41) is 12.3. The van der Waals surface area contributed by atoms with Crippen molar-refractivity contribution in [3.63, 3.8) is 0 Å². The Morgan fingerprint density at radius 2 is 2.12 bits per heavy atom. The zero-order valence-electron chi connectivity index (χ0n) is 13.3. The van der Waals surface area contributed by atoms with E-state index in [0.717, 1.165) is 27.8 Å². The first-order valence-corrected chi connectivity index (χ1v) is 9.59. The lowest BCUT2D eigenvalue weighted by Crippen LogP contribution is -2.40. The smallest absolute Gasteiger partial charge is 0.326 e. The Kier molecular flexibility index (Phi) is 5.20. The van der Waals surface area contributed by atoms with Gasteiger partial charge in [0.2, 0.25) is 0 Å². The molecule has 24 heavy (non-hydrogen) atoms. The number of hydrogen-bond donors (Lipinski definition) is 1. The molecular weight excluding hydrogens is 344 g/mol. The average molecular weight is 362 g/mol. The van der Waals surface area contributed by atoms with E-state index in [1.807, 2.05) is 19.1 Å². The molecule has 7 heteroatoms. The van der Waals surface area contributed by atoms with Crippen LogP contribution in [0, 0.1) is 6.92 Å². The van der Waals surface area contributed by atoms with Gasteiger partial charge in [-0.2, -0.15) is 0 Å². The molecule has 1 fully saturated rings. The molecule has 0 saturated carbocycles. The van der Waals surface area contributed by atoms with Crippen LogP contribution in [0.1, 0.15) is 33.9 Å². The third-order valence-corrected chi connectivity index (χ3v) is 5.82. The van der Waals surface area contributed by atoms with Crippen molar-refractivity contribution in [2.45, 2.75) is 36.5 Å². The number of carbonyl (C=O) groups excluding carboxylic acids is 1. The van der Waals surface area contributed by atoms with E-state index in [2.05, 4.69) is 10.4 Å². The summed E-state index contributed by atoms with van der Waals surface area (Å²) in [5.74, 6) is -0.330. The van der Waals surface area contributed by atoms with Gasteiger partial charge in [-0.05, 0) is 44.0 Å². The van der Waals surface area contributed by atoms with Crippen LogP contribution in [0.5, 0.6) is 0 Å². The number of aliphatic carboxylic acids is 1. The number of carbonyl (C=O) groups is 2. The van der Waals surface area contributed by atoms with Crippen molar-refractivity contribution < 1.29 is 14.7 Å². The van der Waals surface area contributed by atoms with Crippen LogP contribution in [-0.4, -0.2) is 39.5 Å². The molecule has 1 N–H and O–H groups in total. The van der Waals surface area contributed by atoms with E-state index in [0.29, 0.717) is 18.5 Å². The van der Waals surface area contributed by atoms with Gasteiger partial charge in [-0.25, -0.2) is 9.78 Å². The first kappa shape index (κ1) is 17.0. The van der Waals surface area contributed by atoms with Gasteiger partial charge in [-0.15, -0.1) is 23.1 Å². The monoisotopic (exact) mass is 362 g/mol. The first-order chi connectivity index (χ1) is 11.5. The lowest BCUT2D eigenvalue weighted by Gasteiger charge is -2.21. The summed E-state index contributed by atoms with van der Waals surface area (Å²) in [6.07, 6.45) is 1.27. The highest BCUT2D eigenvalue weighted by atomic mass is 32.2. The van der Waals surface area contributed by atoms with E-state index < -0.39 is 12.0 Å². The molecule has 1 unspecified atom stereocenters. The van der Waals surface area contributed by atoms with Crippen molar-refractivity contribution in [1.82, 2.24) is 9.88 Å². The summed E-state index contributed by atoms with van der Waals surface area (Å²) in [5.41, 5.74) is 1.60. The number of carboxylic acid groups (broad SMARTS) is 1.